The number of nitrogens with one attached hydrogen (secondary N) is 1. The maximum atomic E-state index is 13.1. The first-order valence-corrected chi connectivity index (χ1v) is 7.52. The fourth-order valence-electron chi connectivity index (χ4n) is 2.29. The van der Waals surface area contributed by atoms with E-state index in [1.165, 1.54) is 0 Å². The van der Waals surface area contributed by atoms with Crippen molar-refractivity contribution >= 4 is 11.7 Å². The Morgan fingerprint density at radius 1 is 1.12 bits per heavy atom. The second kappa shape index (κ2) is 7.12. The predicted octanol–water partition coefficient (Wildman–Crippen LogP) is 3.48. The van der Waals surface area contributed by atoms with Crippen LogP contribution in [0.3, 0.4) is 0 Å². The van der Waals surface area contributed by atoms with Crippen LogP contribution in [0.2, 0.25) is 0 Å². The van der Waals surface area contributed by atoms with Crippen LogP contribution in [-0.2, 0) is 4.79 Å². The molecule has 7 heteroatoms. The summed E-state index contributed by atoms with van der Waals surface area (Å²) in [5.74, 6) is -1.59. The molecule has 5 nitrogen and oxygen atoms in total. The lowest BCUT2D eigenvalue weighted by atomic mass is 10.3. The normalized spacial score (nSPS) is 10.5. The van der Waals surface area contributed by atoms with Crippen molar-refractivity contribution in [1.29, 1.82) is 0 Å². The van der Waals surface area contributed by atoms with Gasteiger partial charge in [0, 0.05) is 24.3 Å². The van der Waals surface area contributed by atoms with E-state index in [9.17, 15) is 13.6 Å². The fourth-order valence-corrected chi connectivity index (χ4v) is 2.29. The maximum absolute atomic E-state index is 13.1. The topological polar surface area (TPSA) is 56.1 Å². The molecule has 0 saturated carbocycles. The van der Waals surface area contributed by atoms with E-state index < -0.39 is 17.5 Å². The number of hydrogen-bond acceptors (Lipinski definition) is 3. The minimum atomic E-state index is -0.770. The van der Waals surface area contributed by atoms with Gasteiger partial charge in [-0.3, -0.25) is 4.79 Å². The zero-order valence-electron chi connectivity index (χ0n) is 13.4. The summed E-state index contributed by atoms with van der Waals surface area (Å²) in [6, 6.07) is 13.8. The SMILES string of the molecule is Cc1cc(NC(=O)COc2cc(F)cc(F)c2)n(-c2ccccc2)n1. The van der Waals surface area contributed by atoms with Gasteiger partial charge in [-0.05, 0) is 19.1 Å². The van der Waals surface area contributed by atoms with Gasteiger partial charge in [-0.1, -0.05) is 18.2 Å². The number of anilines is 1. The van der Waals surface area contributed by atoms with Crippen LogP contribution in [0.1, 0.15) is 5.69 Å². The number of benzene rings is 2. The Bertz CT molecular complexity index is 874. The highest BCUT2D eigenvalue weighted by atomic mass is 19.1. The smallest absolute Gasteiger partial charge is 0.263 e. The van der Waals surface area contributed by atoms with E-state index in [0.717, 1.165) is 29.6 Å². The summed E-state index contributed by atoms with van der Waals surface area (Å²) in [6.07, 6.45) is 0. The molecular formula is C18H15F2N3O2. The van der Waals surface area contributed by atoms with Gasteiger partial charge in [-0.15, -0.1) is 0 Å². The molecule has 0 fully saturated rings. The number of carbonyl (C=O) groups excluding carboxylic acids is 1. The average Bonchev–Trinajstić information content (AvgIpc) is 2.93. The van der Waals surface area contributed by atoms with Gasteiger partial charge in [0.1, 0.15) is 23.2 Å². The van der Waals surface area contributed by atoms with Gasteiger partial charge >= 0.3 is 0 Å². The van der Waals surface area contributed by atoms with Gasteiger partial charge in [0.05, 0.1) is 11.4 Å². The number of rotatable bonds is 5. The van der Waals surface area contributed by atoms with Crippen molar-refractivity contribution < 1.29 is 18.3 Å². The molecule has 3 aromatic rings. The van der Waals surface area contributed by atoms with Crippen LogP contribution < -0.4 is 10.1 Å². The standard InChI is InChI=1S/C18H15F2N3O2/c1-12-7-17(23(22-12)15-5-3-2-4-6-15)21-18(24)11-25-16-9-13(19)8-14(20)10-16/h2-10H,11H2,1H3,(H,21,24). The van der Waals surface area contributed by atoms with E-state index in [1.807, 2.05) is 30.3 Å². The minimum absolute atomic E-state index is 0.0552. The van der Waals surface area contributed by atoms with Crippen LogP contribution in [0, 0.1) is 18.6 Å². The molecule has 0 saturated heterocycles. The molecule has 3 rings (SSSR count). The Kier molecular flexibility index (Phi) is 4.74. The van der Waals surface area contributed by atoms with E-state index in [0.29, 0.717) is 5.82 Å². The third-order valence-corrected chi connectivity index (χ3v) is 3.31. The largest absolute Gasteiger partial charge is 0.484 e. The van der Waals surface area contributed by atoms with E-state index in [1.54, 1.807) is 17.7 Å². The van der Waals surface area contributed by atoms with Crippen molar-refractivity contribution in [3.63, 3.8) is 0 Å². The number of hydrogen-bond donors (Lipinski definition) is 1. The lowest BCUT2D eigenvalue weighted by Gasteiger charge is -2.10. The second-order valence-electron chi connectivity index (χ2n) is 5.36. The van der Waals surface area contributed by atoms with Crippen LogP contribution in [-0.4, -0.2) is 22.3 Å². The molecule has 0 aliphatic heterocycles. The summed E-state index contributed by atoms with van der Waals surface area (Å²) < 4.78 is 32.9. The highest BCUT2D eigenvalue weighted by Crippen LogP contribution is 2.18. The van der Waals surface area contributed by atoms with Crippen molar-refractivity contribution in [1.82, 2.24) is 9.78 Å². The van der Waals surface area contributed by atoms with Crippen LogP contribution >= 0.6 is 0 Å². The van der Waals surface area contributed by atoms with Crippen LogP contribution in [0.15, 0.2) is 54.6 Å². The summed E-state index contributed by atoms with van der Waals surface area (Å²) in [4.78, 5) is 12.1. The van der Waals surface area contributed by atoms with Crippen LogP contribution in [0.5, 0.6) is 5.75 Å². The molecule has 1 heterocycles. The number of aromatic nitrogens is 2. The number of nitrogens with zero attached hydrogens (tertiary/aromatic N) is 2. The quantitative estimate of drug-likeness (QED) is 0.772. The minimum Gasteiger partial charge on any atom is -0.484 e. The van der Waals surface area contributed by atoms with E-state index in [2.05, 4.69) is 10.4 Å². The molecule has 0 unspecified atom stereocenters. The lowest BCUT2D eigenvalue weighted by molar-refractivity contribution is -0.118. The monoisotopic (exact) mass is 343 g/mol. The maximum Gasteiger partial charge on any atom is 0.263 e. The number of aryl methyl sites for hydroxylation is 1. The molecule has 1 aromatic heterocycles. The Hall–Kier alpha value is -3.22. The average molecular weight is 343 g/mol. The van der Waals surface area contributed by atoms with Crippen LogP contribution in [0.25, 0.3) is 5.69 Å². The van der Waals surface area contributed by atoms with Gasteiger partial charge in [0.2, 0.25) is 0 Å². The highest BCUT2D eigenvalue weighted by Gasteiger charge is 2.12. The van der Waals surface area contributed by atoms with Gasteiger partial charge < -0.3 is 10.1 Å². The number of halogens is 2. The fraction of sp³-hybridized carbons (Fsp3) is 0.111. The van der Waals surface area contributed by atoms with Gasteiger partial charge in [0.25, 0.3) is 5.91 Å². The van der Waals surface area contributed by atoms with Gasteiger partial charge in [0.15, 0.2) is 6.61 Å². The van der Waals surface area contributed by atoms with Gasteiger partial charge in [-0.2, -0.15) is 5.10 Å². The van der Waals surface area contributed by atoms with Crippen molar-refractivity contribution in [2.24, 2.45) is 0 Å². The van der Waals surface area contributed by atoms with E-state index in [-0.39, 0.29) is 12.4 Å². The molecule has 0 aliphatic carbocycles. The molecule has 0 aliphatic rings. The summed E-state index contributed by atoms with van der Waals surface area (Å²) in [6.45, 7) is 1.42. The Labute approximate surface area is 142 Å². The summed E-state index contributed by atoms with van der Waals surface area (Å²) in [5.41, 5.74) is 1.52. The Morgan fingerprint density at radius 2 is 1.80 bits per heavy atom. The third kappa shape index (κ3) is 4.20. The molecular weight excluding hydrogens is 328 g/mol. The zero-order valence-corrected chi connectivity index (χ0v) is 13.4. The summed E-state index contributed by atoms with van der Waals surface area (Å²) in [5, 5.41) is 7.02. The molecule has 1 N–H and O–H groups in total. The first kappa shape index (κ1) is 16.6. The number of carbonyl (C=O) groups is 1. The van der Waals surface area contributed by atoms with Gasteiger partial charge in [-0.25, -0.2) is 13.5 Å². The van der Waals surface area contributed by atoms with E-state index >= 15 is 0 Å². The number of para-hydroxylation sites is 1. The predicted molar refractivity (Wildman–Crippen MR) is 88.8 cm³/mol. The highest BCUT2D eigenvalue weighted by molar-refractivity contribution is 5.91. The van der Waals surface area contributed by atoms with Crippen molar-refractivity contribution in [3.05, 3.63) is 71.9 Å². The molecule has 2 aromatic carbocycles. The number of ether oxygens (including phenoxy) is 1. The summed E-state index contributed by atoms with van der Waals surface area (Å²) in [7, 11) is 0. The second-order valence-corrected chi connectivity index (χ2v) is 5.36. The van der Waals surface area contributed by atoms with Crippen molar-refractivity contribution in [2.45, 2.75) is 6.92 Å². The molecule has 0 spiro atoms. The van der Waals surface area contributed by atoms with E-state index in [4.69, 9.17) is 4.74 Å². The number of amides is 1. The molecule has 0 radical (unpaired) electrons. The molecule has 1 amide bonds. The van der Waals surface area contributed by atoms with Crippen molar-refractivity contribution in [3.8, 4) is 11.4 Å². The molecule has 0 bridgehead atoms. The molecule has 25 heavy (non-hydrogen) atoms. The summed E-state index contributed by atoms with van der Waals surface area (Å²) >= 11 is 0. The molecule has 0 atom stereocenters. The van der Waals surface area contributed by atoms with Crippen molar-refractivity contribution in [2.75, 3.05) is 11.9 Å². The first-order valence-electron chi connectivity index (χ1n) is 7.52. The third-order valence-electron chi connectivity index (χ3n) is 3.31. The lowest BCUT2D eigenvalue weighted by Crippen LogP contribution is -2.22. The zero-order chi connectivity index (χ0) is 17.8. The Balaban J connectivity index is 1.69. The molecule has 128 valence electrons. The first-order chi connectivity index (χ1) is 12.0. The van der Waals surface area contributed by atoms with Crippen LogP contribution in [0.4, 0.5) is 14.6 Å². The Morgan fingerprint density at radius 3 is 2.48 bits per heavy atom.